The van der Waals surface area contributed by atoms with Crippen LogP contribution >= 0.6 is 0 Å². The largest absolute Gasteiger partial charge is 0.459 e. The first-order valence-corrected chi connectivity index (χ1v) is 7.99. The molecule has 6 heteroatoms. The van der Waals surface area contributed by atoms with Gasteiger partial charge in [0.2, 0.25) is 0 Å². The lowest BCUT2D eigenvalue weighted by atomic mass is 10.2. The lowest BCUT2D eigenvalue weighted by molar-refractivity contribution is 0.0161. The van der Waals surface area contributed by atoms with E-state index in [2.05, 4.69) is 0 Å². The summed E-state index contributed by atoms with van der Waals surface area (Å²) in [5.41, 5.74) is 0.186. The van der Waals surface area contributed by atoms with E-state index in [4.69, 9.17) is 14.2 Å². The predicted octanol–water partition coefficient (Wildman–Crippen LogP) is 3.38. The molecule has 0 spiro atoms. The highest BCUT2D eigenvalue weighted by molar-refractivity contribution is 5.92. The molecule has 0 amide bonds. The van der Waals surface area contributed by atoms with Crippen molar-refractivity contribution in [2.45, 2.75) is 18.9 Å². The van der Waals surface area contributed by atoms with Gasteiger partial charge in [0.25, 0.3) is 0 Å². The van der Waals surface area contributed by atoms with Gasteiger partial charge >= 0.3 is 11.9 Å². The number of carbonyl (C=O) groups excluding carboxylic acids is 2. The van der Waals surface area contributed by atoms with Crippen LogP contribution in [0.4, 0.5) is 4.39 Å². The van der Waals surface area contributed by atoms with Crippen molar-refractivity contribution < 1.29 is 28.2 Å². The van der Waals surface area contributed by atoms with E-state index in [-0.39, 0.29) is 24.0 Å². The van der Waals surface area contributed by atoms with Crippen molar-refractivity contribution >= 4 is 11.9 Å². The van der Waals surface area contributed by atoms with Crippen LogP contribution in [0.15, 0.2) is 48.5 Å². The first-order valence-electron chi connectivity index (χ1n) is 7.99. The monoisotopic (exact) mass is 344 g/mol. The van der Waals surface area contributed by atoms with Gasteiger partial charge in [0.1, 0.15) is 18.2 Å². The highest BCUT2D eigenvalue weighted by atomic mass is 19.1. The molecule has 0 bridgehead atoms. The topological polar surface area (TPSA) is 61.8 Å². The minimum absolute atomic E-state index is 0.0371. The molecule has 3 rings (SSSR count). The molecule has 1 heterocycles. The van der Waals surface area contributed by atoms with Crippen LogP contribution in [0.25, 0.3) is 0 Å². The SMILES string of the molecule is O=C(OC[C@H]1CCCO1)c1ccc(OC(=O)c2ccccc2F)cc1. The molecule has 2 aromatic carbocycles. The summed E-state index contributed by atoms with van der Waals surface area (Å²) in [5.74, 6) is -1.71. The third kappa shape index (κ3) is 4.42. The number of halogens is 1. The number of ether oxygens (including phenoxy) is 3. The second-order valence-electron chi connectivity index (χ2n) is 5.63. The second-order valence-corrected chi connectivity index (χ2v) is 5.63. The minimum Gasteiger partial charge on any atom is -0.459 e. The van der Waals surface area contributed by atoms with E-state index in [1.54, 1.807) is 6.07 Å². The maximum absolute atomic E-state index is 13.6. The fourth-order valence-electron chi connectivity index (χ4n) is 2.48. The molecule has 1 atom stereocenters. The normalized spacial score (nSPS) is 16.4. The Morgan fingerprint density at radius 3 is 2.52 bits per heavy atom. The molecule has 0 aliphatic carbocycles. The molecule has 130 valence electrons. The molecule has 0 N–H and O–H groups in total. The summed E-state index contributed by atoms with van der Waals surface area (Å²) in [5, 5.41) is 0. The van der Waals surface area contributed by atoms with Crippen molar-refractivity contribution in [2.75, 3.05) is 13.2 Å². The van der Waals surface area contributed by atoms with Crippen LogP contribution in [0.1, 0.15) is 33.6 Å². The first kappa shape index (κ1) is 17.1. The van der Waals surface area contributed by atoms with Gasteiger partial charge < -0.3 is 14.2 Å². The summed E-state index contributed by atoms with van der Waals surface area (Å²) < 4.78 is 29.2. The van der Waals surface area contributed by atoms with Gasteiger partial charge in [-0.1, -0.05) is 12.1 Å². The molecule has 0 unspecified atom stereocenters. The zero-order valence-corrected chi connectivity index (χ0v) is 13.4. The van der Waals surface area contributed by atoms with Crippen LogP contribution in [0.5, 0.6) is 5.75 Å². The van der Waals surface area contributed by atoms with Gasteiger partial charge in [-0.25, -0.2) is 14.0 Å². The maximum atomic E-state index is 13.6. The predicted molar refractivity (Wildman–Crippen MR) is 87.1 cm³/mol. The van der Waals surface area contributed by atoms with E-state index < -0.39 is 17.8 Å². The molecule has 25 heavy (non-hydrogen) atoms. The molecular formula is C19H17FO5. The number of hydrogen-bond donors (Lipinski definition) is 0. The van der Waals surface area contributed by atoms with Crippen LogP contribution < -0.4 is 4.74 Å². The molecule has 0 radical (unpaired) electrons. The van der Waals surface area contributed by atoms with E-state index >= 15 is 0 Å². The standard InChI is InChI=1S/C19H17FO5/c20-17-6-2-1-5-16(17)19(22)25-14-9-7-13(8-10-14)18(21)24-12-15-4-3-11-23-15/h1-2,5-10,15H,3-4,11-12H2/t15-/m1/s1. The number of esters is 2. The Balaban J connectivity index is 1.57. The quantitative estimate of drug-likeness (QED) is 0.615. The molecule has 1 fully saturated rings. The van der Waals surface area contributed by atoms with Gasteiger partial charge in [-0.15, -0.1) is 0 Å². The highest BCUT2D eigenvalue weighted by Gasteiger charge is 2.18. The maximum Gasteiger partial charge on any atom is 0.346 e. The average Bonchev–Trinajstić information content (AvgIpc) is 3.14. The average molecular weight is 344 g/mol. The van der Waals surface area contributed by atoms with E-state index in [1.165, 1.54) is 42.5 Å². The van der Waals surface area contributed by atoms with Gasteiger partial charge in [0.15, 0.2) is 0 Å². The fraction of sp³-hybridized carbons (Fsp3) is 0.263. The minimum atomic E-state index is -0.799. The third-order valence-electron chi connectivity index (χ3n) is 3.82. The third-order valence-corrected chi connectivity index (χ3v) is 3.82. The summed E-state index contributed by atoms with van der Waals surface area (Å²) in [6, 6.07) is 11.5. The van der Waals surface area contributed by atoms with E-state index in [0.29, 0.717) is 12.2 Å². The van der Waals surface area contributed by atoms with Crippen molar-refractivity contribution in [2.24, 2.45) is 0 Å². The fourth-order valence-corrected chi connectivity index (χ4v) is 2.48. The summed E-state index contributed by atoms with van der Waals surface area (Å²) in [4.78, 5) is 23.9. The summed E-state index contributed by atoms with van der Waals surface area (Å²) in [7, 11) is 0. The van der Waals surface area contributed by atoms with Crippen molar-refractivity contribution in [3.05, 3.63) is 65.5 Å². The van der Waals surface area contributed by atoms with Crippen molar-refractivity contribution in [1.29, 1.82) is 0 Å². The Morgan fingerprint density at radius 1 is 1.08 bits per heavy atom. The lowest BCUT2D eigenvalue weighted by Crippen LogP contribution is -2.17. The molecule has 0 saturated carbocycles. The van der Waals surface area contributed by atoms with Gasteiger partial charge in [-0.3, -0.25) is 0 Å². The molecule has 0 aromatic heterocycles. The Kier molecular flexibility index (Phi) is 5.40. The van der Waals surface area contributed by atoms with Gasteiger partial charge in [-0.2, -0.15) is 0 Å². The Hall–Kier alpha value is -2.73. The molecule has 1 saturated heterocycles. The summed E-state index contributed by atoms with van der Waals surface area (Å²) >= 11 is 0. The number of hydrogen-bond acceptors (Lipinski definition) is 5. The highest BCUT2D eigenvalue weighted by Crippen LogP contribution is 2.17. The van der Waals surface area contributed by atoms with Crippen LogP contribution in [0.3, 0.4) is 0 Å². The van der Waals surface area contributed by atoms with Crippen LogP contribution in [0, 0.1) is 5.82 Å². The van der Waals surface area contributed by atoms with Crippen LogP contribution in [0.2, 0.25) is 0 Å². The Bertz CT molecular complexity index is 751. The van der Waals surface area contributed by atoms with Crippen molar-refractivity contribution in [3.8, 4) is 5.75 Å². The molecule has 1 aliphatic rings. The van der Waals surface area contributed by atoms with Gasteiger partial charge in [0, 0.05) is 6.61 Å². The van der Waals surface area contributed by atoms with Crippen LogP contribution in [-0.4, -0.2) is 31.3 Å². The van der Waals surface area contributed by atoms with Gasteiger partial charge in [0.05, 0.1) is 17.2 Å². The Labute approximate surface area is 144 Å². The van der Waals surface area contributed by atoms with E-state index in [0.717, 1.165) is 12.8 Å². The Morgan fingerprint density at radius 2 is 1.84 bits per heavy atom. The van der Waals surface area contributed by atoms with Crippen LogP contribution in [-0.2, 0) is 9.47 Å². The first-order chi connectivity index (χ1) is 12.1. The van der Waals surface area contributed by atoms with E-state index in [1.807, 2.05) is 0 Å². The van der Waals surface area contributed by atoms with Gasteiger partial charge in [-0.05, 0) is 49.2 Å². The second kappa shape index (κ2) is 7.90. The molecule has 1 aliphatic heterocycles. The summed E-state index contributed by atoms with van der Waals surface area (Å²) in [6.07, 6.45) is 1.83. The smallest absolute Gasteiger partial charge is 0.346 e. The number of benzene rings is 2. The molecular weight excluding hydrogens is 327 g/mol. The molecule has 2 aromatic rings. The summed E-state index contributed by atoms with van der Waals surface area (Å²) in [6.45, 7) is 0.924. The van der Waals surface area contributed by atoms with E-state index in [9.17, 15) is 14.0 Å². The lowest BCUT2D eigenvalue weighted by Gasteiger charge is -2.10. The van der Waals surface area contributed by atoms with Crippen molar-refractivity contribution in [1.82, 2.24) is 0 Å². The number of carbonyl (C=O) groups is 2. The number of rotatable bonds is 5. The zero-order chi connectivity index (χ0) is 17.6. The van der Waals surface area contributed by atoms with Crippen molar-refractivity contribution in [3.63, 3.8) is 0 Å². The molecule has 5 nitrogen and oxygen atoms in total. The zero-order valence-electron chi connectivity index (χ0n) is 13.4.